The number of pyridine rings is 1. The molecule has 0 fully saturated rings. The number of aromatic amines is 1. The summed E-state index contributed by atoms with van der Waals surface area (Å²) in [7, 11) is 0. The molecule has 2 aromatic heterocycles. The Morgan fingerprint density at radius 2 is 2.17 bits per heavy atom. The number of rotatable bonds is 0. The molecule has 0 saturated carbocycles. The van der Waals surface area contributed by atoms with E-state index in [0.29, 0.717) is 0 Å². The van der Waals surface area contributed by atoms with Gasteiger partial charge in [0.15, 0.2) is 5.65 Å². The minimum atomic E-state index is 0. The van der Waals surface area contributed by atoms with Gasteiger partial charge in [0.25, 0.3) is 0 Å². The summed E-state index contributed by atoms with van der Waals surface area (Å²) >= 11 is 0. The maximum absolute atomic E-state index is 4.06. The molecule has 66 valence electrons. The third-order valence-electron chi connectivity index (χ3n) is 1.52. The standard InChI is InChI=1S/C7H7N3.C2H6.H2/c1-5-6-3-2-4-8-7(6)10-9-5;1-2;/h2-4H,1H3,(H,8,9,10);1-2H3;1H. The van der Waals surface area contributed by atoms with E-state index < -0.39 is 0 Å². The number of aryl methyl sites for hydroxylation is 1. The Hall–Kier alpha value is -1.38. The average Bonchev–Trinajstić information content (AvgIpc) is 2.53. The lowest BCUT2D eigenvalue weighted by atomic mass is 10.3. The van der Waals surface area contributed by atoms with Crippen LogP contribution in [0.25, 0.3) is 11.0 Å². The lowest BCUT2D eigenvalue weighted by Crippen LogP contribution is -1.72. The number of hydrogen-bond donors (Lipinski definition) is 1. The van der Waals surface area contributed by atoms with Gasteiger partial charge in [-0.3, -0.25) is 5.10 Å². The molecule has 3 nitrogen and oxygen atoms in total. The van der Waals surface area contributed by atoms with Gasteiger partial charge in [0.05, 0.1) is 0 Å². The molecule has 0 amide bonds. The fourth-order valence-electron chi connectivity index (χ4n) is 0.976. The summed E-state index contributed by atoms with van der Waals surface area (Å²) in [4.78, 5) is 4.06. The van der Waals surface area contributed by atoms with Gasteiger partial charge in [0.1, 0.15) is 0 Å². The number of H-pyrrole nitrogens is 1. The summed E-state index contributed by atoms with van der Waals surface area (Å²) < 4.78 is 0. The van der Waals surface area contributed by atoms with Crippen LogP contribution in [0.5, 0.6) is 0 Å². The predicted molar refractivity (Wildman–Crippen MR) is 52.1 cm³/mol. The molecular weight excluding hydrogens is 150 g/mol. The normalized spacial score (nSPS) is 9.25. The monoisotopic (exact) mass is 165 g/mol. The highest BCUT2D eigenvalue weighted by Gasteiger charge is 1.97. The summed E-state index contributed by atoms with van der Waals surface area (Å²) in [5.74, 6) is 0. The number of aromatic nitrogens is 3. The molecule has 2 aromatic rings. The molecule has 0 radical (unpaired) electrons. The van der Waals surface area contributed by atoms with Crippen LogP contribution in [0.3, 0.4) is 0 Å². The van der Waals surface area contributed by atoms with Crippen LogP contribution in [-0.4, -0.2) is 15.2 Å². The van der Waals surface area contributed by atoms with Crippen molar-refractivity contribution in [1.29, 1.82) is 0 Å². The summed E-state index contributed by atoms with van der Waals surface area (Å²) in [6.45, 7) is 5.98. The Bertz CT molecular complexity index is 356. The van der Waals surface area contributed by atoms with Crippen LogP contribution in [0.4, 0.5) is 0 Å². The Balaban J connectivity index is 0.000000451. The van der Waals surface area contributed by atoms with Gasteiger partial charge in [0.2, 0.25) is 0 Å². The second-order valence-electron chi connectivity index (χ2n) is 2.22. The van der Waals surface area contributed by atoms with Crippen LogP contribution >= 0.6 is 0 Å². The molecule has 0 aliphatic carbocycles. The summed E-state index contributed by atoms with van der Waals surface area (Å²) in [6.07, 6.45) is 1.74. The van der Waals surface area contributed by atoms with Crippen molar-refractivity contribution in [3.05, 3.63) is 24.0 Å². The molecule has 0 saturated heterocycles. The maximum Gasteiger partial charge on any atom is 0.181 e. The minimum absolute atomic E-state index is 0. The highest BCUT2D eigenvalue weighted by Crippen LogP contribution is 2.09. The Kier molecular flexibility index (Phi) is 2.80. The van der Waals surface area contributed by atoms with E-state index in [1.807, 2.05) is 32.9 Å². The van der Waals surface area contributed by atoms with Gasteiger partial charge in [-0.15, -0.1) is 0 Å². The summed E-state index contributed by atoms with van der Waals surface area (Å²) in [5, 5.41) is 7.95. The van der Waals surface area contributed by atoms with Crippen molar-refractivity contribution in [3.63, 3.8) is 0 Å². The van der Waals surface area contributed by atoms with Crippen molar-refractivity contribution < 1.29 is 1.43 Å². The molecule has 0 unspecified atom stereocenters. The predicted octanol–water partition coefficient (Wildman–Crippen LogP) is 2.54. The number of nitrogens with zero attached hydrogens (tertiary/aromatic N) is 2. The van der Waals surface area contributed by atoms with Crippen LogP contribution in [0, 0.1) is 6.92 Å². The molecule has 0 aromatic carbocycles. The van der Waals surface area contributed by atoms with Gasteiger partial charge in [-0.1, -0.05) is 13.8 Å². The highest BCUT2D eigenvalue weighted by molar-refractivity contribution is 5.76. The van der Waals surface area contributed by atoms with E-state index in [-0.39, 0.29) is 1.43 Å². The zero-order valence-electron chi connectivity index (χ0n) is 7.63. The number of fused-ring (bicyclic) bond motifs is 1. The van der Waals surface area contributed by atoms with Crippen molar-refractivity contribution in [2.75, 3.05) is 0 Å². The topological polar surface area (TPSA) is 41.6 Å². The molecule has 0 atom stereocenters. The first-order chi connectivity index (χ1) is 5.88. The van der Waals surface area contributed by atoms with E-state index in [9.17, 15) is 0 Å². The third-order valence-corrected chi connectivity index (χ3v) is 1.52. The van der Waals surface area contributed by atoms with Crippen molar-refractivity contribution in [1.82, 2.24) is 15.2 Å². The van der Waals surface area contributed by atoms with Crippen molar-refractivity contribution >= 4 is 11.0 Å². The van der Waals surface area contributed by atoms with Gasteiger partial charge in [-0.2, -0.15) is 5.10 Å². The molecule has 0 spiro atoms. The molecule has 0 aliphatic heterocycles. The lowest BCUT2D eigenvalue weighted by molar-refractivity contribution is 1.05. The Morgan fingerprint density at radius 1 is 1.42 bits per heavy atom. The maximum atomic E-state index is 4.06. The zero-order chi connectivity index (χ0) is 8.97. The SMILES string of the molecule is CC.Cc1[nH]nc2ncccc12.[HH]. The first kappa shape index (κ1) is 8.71. The van der Waals surface area contributed by atoms with Crippen LogP contribution < -0.4 is 0 Å². The molecule has 12 heavy (non-hydrogen) atoms. The van der Waals surface area contributed by atoms with E-state index in [4.69, 9.17) is 0 Å². The van der Waals surface area contributed by atoms with Crippen LogP contribution in [0.2, 0.25) is 0 Å². The fourth-order valence-corrected chi connectivity index (χ4v) is 0.976. The average molecular weight is 165 g/mol. The zero-order valence-corrected chi connectivity index (χ0v) is 7.63. The van der Waals surface area contributed by atoms with Gasteiger partial charge in [0, 0.05) is 18.7 Å². The molecule has 2 heterocycles. The van der Waals surface area contributed by atoms with Gasteiger partial charge in [-0.25, -0.2) is 4.98 Å². The fraction of sp³-hybridized carbons (Fsp3) is 0.333. The Labute approximate surface area is 73.3 Å². The van der Waals surface area contributed by atoms with Gasteiger partial charge < -0.3 is 0 Å². The van der Waals surface area contributed by atoms with Gasteiger partial charge >= 0.3 is 0 Å². The Morgan fingerprint density at radius 3 is 2.83 bits per heavy atom. The molecule has 0 aliphatic rings. The summed E-state index contributed by atoms with van der Waals surface area (Å²) in [6, 6.07) is 3.91. The molecule has 2 rings (SSSR count). The second kappa shape index (κ2) is 3.85. The quantitative estimate of drug-likeness (QED) is 0.651. The number of hydrogen-bond acceptors (Lipinski definition) is 2. The van der Waals surface area contributed by atoms with Crippen LogP contribution in [-0.2, 0) is 0 Å². The largest absolute Gasteiger partial charge is 0.280 e. The number of nitrogens with one attached hydrogen (secondary N) is 1. The minimum Gasteiger partial charge on any atom is -0.280 e. The third kappa shape index (κ3) is 1.44. The van der Waals surface area contributed by atoms with E-state index in [0.717, 1.165) is 16.7 Å². The van der Waals surface area contributed by atoms with E-state index in [1.165, 1.54) is 0 Å². The highest BCUT2D eigenvalue weighted by atomic mass is 15.1. The summed E-state index contributed by atoms with van der Waals surface area (Å²) in [5.41, 5.74) is 1.86. The second-order valence-corrected chi connectivity index (χ2v) is 2.22. The molecular formula is C9H15N3. The first-order valence-corrected chi connectivity index (χ1v) is 4.13. The first-order valence-electron chi connectivity index (χ1n) is 4.13. The molecule has 1 N–H and O–H groups in total. The van der Waals surface area contributed by atoms with Crippen molar-refractivity contribution in [2.24, 2.45) is 0 Å². The van der Waals surface area contributed by atoms with Crippen LogP contribution in [0.1, 0.15) is 21.0 Å². The molecule has 3 heteroatoms. The van der Waals surface area contributed by atoms with E-state index >= 15 is 0 Å². The van der Waals surface area contributed by atoms with Crippen molar-refractivity contribution in [2.45, 2.75) is 20.8 Å². The van der Waals surface area contributed by atoms with E-state index in [1.54, 1.807) is 6.20 Å². The van der Waals surface area contributed by atoms with Gasteiger partial charge in [-0.05, 0) is 19.1 Å². The van der Waals surface area contributed by atoms with E-state index in [2.05, 4.69) is 15.2 Å². The molecule has 0 bridgehead atoms. The van der Waals surface area contributed by atoms with Crippen LogP contribution in [0.15, 0.2) is 18.3 Å². The lowest BCUT2D eigenvalue weighted by Gasteiger charge is -1.83. The smallest absolute Gasteiger partial charge is 0.181 e. The van der Waals surface area contributed by atoms with Crippen molar-refractivity contribution in [3.8, 4) is 0 Å².